The summed E-state index contributed by atoms with van der Waals surface area (Å²) in [4.78, 5) is 22.9. The molecule has 0 unspecified atom stereocenters. The second kappa shape index (κ2) is 12.2. The molecule has 1 amide bonds. The summed E-state index contributed by atoms with van der Waals surface area (Å²) in [5.74, 6) is -59.9. The van der Waals surface area contributed by atoms with Crippen LogP contribution in [0.25, 0.3) is 0 Å². The van der Waals surface area contributed by atoms with Crippen LogP contribution in [0.5, 0.6) is 0 Å². The van der Waals surface area contributed by atoms with Crippen LogP contribution in [0, 0.1) is 0 Å². The molecule has 248 valence electrons. The predicted molar refractivity (Wildman–Crippen MR) is 106 cm³/mol. The highest BCUT2D eigenvalue weighted by atomic mass is 19.4. The maximum Gasteiger partial charge on any atom is 0.460 e. The van der Waals surface area contributed by atoms with Crippen molar-refractivity contribution in [1.29, 1.82) is 0 Å². The van der Waals surface area contributed by atoms with Crippen molar-refractivity contribution < 1.29 is 93.4 Å². The molecule has 0 aliphatic carbocycles. The van der Waals surface area contributed by atoms with Gasteiger partial charge in [0.25, 0.3) is 0 Å². The maximum atomic E-state index is 13.8. The summed E-state index contributed by atoms with van der Waals surface area (Å²) in [5.41, 5.74) is 0. The second-order valence-corrected chi connectivity index (χ2v) is 9.56. The van der Waals surface area contributed by atoms with Crippen LogP contribution in [0.4, 0.5) is 74.6 Å². The van der Waals surface area contributed by atoms with Gasteiger partial charge in [0.2, 0.25) is 5.91 Å². The smallest absolute Gasteiger partial charge is 0.460 e. The third kappa shape index (κ3) is 7.69. The Bertz CT molecular complexity index is 985. The van der Waals surface area contributed by atoms with E-state index in [1.165, 1.54) is 0 Å². The summed E-state index contributed by atoms with van der Waals surface area (Å²) < 4.78 is 229. The number of esters is 1. The minimum Gasteiger partial charge on any atom is -0.462 e. The molecule has 0 aliphatic rings. The van der Waals surface area contributed by atoms with Crippen LogP contribution in [0.3, 0.4) is 0 Å². The predicted octanol–water partition coefficient (Wildman–Crippen LogP) is 5.70. The molecule has 0 aromatic heterocycles. The first-order valence-electron chi connectivity index (χ1n) is 10.9. The molecule has 1 N–H and O–H groups in total. The molecule has 0 saturated heterocycles. The van der Waals surface area contributed by atoms with E-state index in [1.807, 2.05) is 21.1 Å². The number of quaternary nitrogens is 1. The van der Waals surface area contributed by atoms with E-state index >= 15 is 0 Å². The minimum absolute atomic E-state index is 0.0761. The van der Waals surface area contributed by atoms with Crippen LogP contribution in [-0.2, 0) is 14.3 Å². The molecule has 0 aromatic carbocycles. The number of amides is 1. The number of alkyl halides is 17. The van der Waals surface area contributed by atoms with Gasteiger partial charge in [-0.15, -0.1) is 0 Å². The molecule has 0 bridgehead atoms. The highest BCUT2D eigenvalue weighted by Crippen LogP contribution is 2.64. The van der Waals surface area contributed by atoms with E-state index < -0.39 is 72.5 Å². The minimum atomic E-state index is -8.72. The van der Waals surface area contributed by atoms with Crippen molar-refractivity contribution in [3.05, 3.63) is 12.2 Å². The van der Waals surface area contributed by atoms with E-state index in [2.05, 4.69) is 10.1 Å². The van der Waals surface area contributed by atoms with Gasteiger partial charge in [0, 0.05) is 25.1 Å². The Hall–Kier alpha value is -2.55. The maximum absolute atomic E-state index is 13.8. The van der Waals surface area contributed by atoms with Crippen molar-refractivity contribution in [3.63, 3.8) is 0 Å². The van der Waals surface area contributed by atoms with Crippen molar-refractivity contribution >= 4 is 11.9 Å². The summed E-state index contributed by atoms with van der Waals surface area (Å²) in [7, 11) is 5.45. The van der Waals surface area contributed by atoms with Crippen LogP contribution in [0.1, 0.15) is 12.8 Å². The van der Waals surface area contributed by atoms with Crippen molar-refractivity contribution in [2.24, 2.45) is 0 Å². The molecule has 5 nitrogen and oxygen atoms in total. The molecule has 0 heterocycles. The van der Waals surface area contributed by atoms with Crippen molar-refractivity contribution in [3.8, 4) is 0 Å². The first-order chi connectivity index (χ1) is 18.2. The summed E-state index contributed by atoms with van der Waals surface area (Å²) in [6.07, 6.45) is -9.70. The molecule has 0 fully saturated rings. The number of ether oxygens (including phenoxy) is 1. The lowest BCUT2D eigenvalue weighted by Gasteiger charge is -2.42. The molecule has 22 heteroatoms. The Balaban J connectivity index is 5.66. The van der Waals surface area contributed by atoms with E-state index in [1.54, 1.807) is 0 Å². The van der Waals surface area contributed by atoms with Gasteiger partial charge in [0.05, 0.1) is 40.7 Å². The number of carbonyl (C=O) groups is 2. The first-order valence-corrected chi connectivity index (χ1v) is 10.9. The van der Waals surface area contributed by atoms with Gasteiger partial charge in [-0.25, -0.2) is 4.79 Å². The average Bonchev–Trinajstić information content (AvgIpc) is 2.78. The fraction of sp³-hybridized carbons (Fsp3) is 0.800. The number of halogens is 17. The van der Waals surface area contributed by atoms with E-state index in [-0.39, 0.29) is 12.6 Å². The Kier molecular flexibility index (Phi) is 11.5. The lowest BCUT2D eigenvalue weighted by molar-refractivity contribution is -0.870. The number of nitrogens with zero attached hydrogens (tertiary/aromatic N) is 1. The Labute approximate surface area is 225 Å². The number of carbonyl (C=O) groups excluding carboxylic acids is 2. The molecule has 0 radical (unpaired) electrons. The molecule has 0 atom stereocenters. The number of hydrogen-bond acceptors (Lipinski definition) is 3. The zero-order valence-corrected chi connectivity index (χ0v) is 21.3. The van der Waals surface area contributed by atoms with Crippen LogP contribution in [-0.4, -0.2) is 105 Å². The third-order valence-corrected chi connectivity index (χ3v) is 5.12. The summed E-state index contributed by atoms with van der Waals surface area (Å²) >= 11 is 0. The van der Waals surface area contributed by atoms with Crippen LogP contribution >= 0.6 is 0 Å². The van der Waals surface area contributed by atoms with Crippen LogP contribution in [0.15, 0.2) is 12.2 Å². The van der Waals surface area contributed by atoms with E-state index in [0.717, 1.165) is 0 Å². The summed E-state index contributed by atoms with van der Waals surface area (Å²) in [6.45, 7) is -1.44. The summed E-state index contributed by atoms with van der Waals surface area (Å²) in [5, 5.41) is 2.24. The van der Waals surface area contributed by atoms with Crippen molar-refractivity contribution in [2.45, 2.75) is 60.5 Å². The fourth-order valence-corrected chi connectivity index (χ4v) is 2.65. The van der Waals surface area contributed by atoms with Gasteiger partial charge < -0.3 is 14.5 Å². The number of hydrogen-bond donors (Lipinski definition) is 1. The molecular weight excluding hydrogens is 639 g/mol. The Morgan fingerprint density at radius 2 is 1.05 bits per heavy atom. The number of nitrogens with one attached hydrogen (secondary N) is 1. The highest BCUT2D eigenvalue weighted by Gasteiger charge is 2.95. The third-order valence-electron chi connectivity index (χ3n) is 5.12. The molecule has 42 heavy (non-hydrogen) atoms. The van der Waals surface area contributed by atoms with Gasteiger partial charge in [0.15, 0.2) is 0 Å². The summed E-state index contributed by atoms with van der Waals surface area (Å²) in [6, 6.07) is 0. The molecular formula is C20H22F17N2O3+. The largest absolute Gasteiger partial charge is 0.462 e. The monoisotopic (exact) mass is 661 g/mol. The Morgan fingerprint density at radius 3 is 1.45 bits per heavy atom. The second-order valence-electron chi connectivity index (χ2n) is 9.56. The van der Waals surface area contributed by atoms with E-state index in [0.29, 0.717) is 23.5 Å². The van der Waals surface area contributed by atoms with Crippen molar-refractivity contribution in [1.82, 2.24) is 5.32 Å². The van der Waals surface area contributed by atoms with Gasteiger partial charge in [0.1, 0.15) is 0 Å². The van der Waals surface area contributed by atoms with Crippen LogP contribution < -0.4 is 5.32 Å². The quantitative estimate of drug-likeness (QED) is 0.0807. The zero-order valence-electron chi connectivity index (χ0n) is 21.3. The fourth-order valence-electron chi connectivity index (χ4n) is 2.65. The SMILES string of the molecule is C[N+](C)(C)CCCNC(=O)C=CC(=O)OCCC(F)(F)C(F)(F)C(F)(F)C(F)(F)C(F)(F)C(F)(F)C(F)(F)C(F)(F)F. The molecule has 0 saturated carbocycles. The lowest BCUT2D eigenvalue weighted by Crippen LogP contribution is -2.74. The van der Waals surface area contributed by atoms with Gasteiger partial charge in [-0.2, -0.15) is 74.6 Å². The molecule has 0 aliphatic heterocycles. The average molecular weight is 661 g/mol. The van der Waals surface area contributed by atoms with E-state index in [4.69, 9.17) is 0 Å². The van der Waals surface area contributed by atoms with Crippen molar-refractivity contribution in [2.75, 3.05) is 40.8 Å². The molecule has 0 rings (SSSR count). The van der Waals surface area contributed by atoms with Gasteiger partial charge in [-0.05, 0) is 0 Å². The standard InChI is InChI=1S/C20H21F17N2O3/c1-39(2,3)9-4-8-38-11(40)5-6-12(41)42-10-7-13(21,22)14(23,24)15(25,26)16(27,28)17(29,30)18(31,32)19(33,34)20(35,36)37/h5-6H,4,7-10H2,1-3H3/p+1. The molecule has 0 spiro atoms. The van der Waals surface area contributed by atoms with E-state index in [9.17, 15) is 84.2 Å². The normalized spacial score (nSPS) is 15.2. The lowest BCUT2D eigenvalue weighted by atomic mass is 9.88. The van der Waals surface area contributed by atoms with Gasteiger partial charge in [-0.1, -0.05) is 0 Å². The van der Waals surface area contributed by atoms with Gasteiger partial charge in [-0.3, -0.25) is 4.79 Å². The molecule has 0 aromatic rings. The van der Waals surface area contributed by atoms with Gasteiger partial charge >= 0.3 is 53.6 Å². The zero-order chi connectivity index (χ0) is 34.0. The van der Waals surface area contributed by atoms with Crippen LogP contribution in [0.2, 0.25) is 0 Å². The highest BCUT2D eigenvalue weighted by molar-refractivity contribution is 5.94. The Morgan fingerprint density at radius 1 is 0.643 bits per heavy atom. The topological polar surface area (TPSA) is 55.4 Å². The number of rotatable bonds is 15. The first kappa shape index (κ1) is 39.5.